The maximum Gasteiger partial charge on any atom is 0.164 e. The van der Waals surface area contributed by atoms with Gasteiger partial charge in [-0.15, -0.1) is 0 Å². The third-order valence-electron chi connectivity index (χ3n) is 13.2. The lowest BCUT2D eigenvalue weighted by molar-refractivity contribution is 1.07. The van der Waals surface area contributed by atoms with Crippen LogP contribution in [0.15, 0.2) is 249 Å². The molecule has 0 radical (unpaired) electrons. The Bertz CT molecular complexity index is 3910. The van der Waals surface area contributed by atoms with Gasteiger partial charge in [0, 0.05) is 49.5 Å². The lowest BCUT2D eigenvalue weighted by atomic mass is 9.95. The summed E-state index contributed by atoms with van der Waals surface area (Å²) >= 11 is 0. The molecule has 318 valence electrons. The number of hydrogen-bond acceptors (Lipinski definition) is 3. The van der Waals surface area contributed by atoms with Crippen LogP contribution in [0.4, 0.5) is 0 Å². The van der Waals surface area contributed by atoms with E-state index in [4.69, 9.17) is 15.0 Å². The molecule has 0 bridgehead atoms. The van der Waals surface area contributed by atoms with Crippen LogP contribution in [0.1, 0.15) is 0 Å². The van der Waals surface area contributed by atoms with Crippen LogP contribution in [0.2, 0.25) is 0 Å². The fourth-order valence-corrected chi connectivity index (χ4v) is 9.97. The van der Waals surface area contributed by atoms with E-state index in [9.17, 15) is 0 Å². The molecule has 0 N–H and O–H groups in total. The monoisotopic (exact) mass is 867 g/mol. The molecule has 0 unspecified atom stereocenters. The van der Waals surface area contributed by atoms with E-state index in [0.29, 0.717) is 17.5 Å². The smallest absolute Gasteiger partial charge is 0.164 e. The molecule has 0 aliphatic heterocycles. The molecule has 0 atom stereocenters. The van der Waals surface area contributed by atoms with E-state index < -0.39 is 0 Å². The Labute approximate surface area is 393 Å². The van der Waals surface area contributed by atoms with E-state index in [-0.39, 0.29) is 0 Å². The van der Waals surface area contributed by atoms with Crippen LogP contribution in [0.5, 0.6) is 0 Å². The zero-order chi connectivity index (χ0) is 45.0. The maximum atomic E-state index is 5.21. The SMILES string of the molecule is c1ccc(-c2ccc(-n3c4ccccc4c4ccccc43)c(-c3ccc(-c4cccc(-c5nc(-c6ccccc6)nc(-c6cccc(-n7c8ccccc8c8ccccc87)c6)n5)c4)cc3)c2)cc1. The normalized spacial score (nSPS) is 11.5. The highest BCUT2D eigenvalue weighted by Gasteiger charge is 2.19. The molecular formula is C63H41N5. The second kappa shape index (κ2) is 16.4. The Morgan fingerprint density at radius 3 is 1.19 bits per heavy atom. The topological polar surface area (TPSA) is 48.5 Å². The summed E-state index contributed by atoms with van der Waals surface area (Å²) in [6, 6.07) is 88.3. The van der Waals surface area contributed by atoms with E-state index in [1.54, 1.807) is 0 Å². The zero-order valence-corrected chi connectivity index (χ0v) is 36.9. The van der Waals surface area contributed by atoms with Crippen LogP contribution >= 0.6 is 0 Å². The summed E-state index contributed by atoms with van der Waals surface area (Å²) < 4.78 is 4.74. The van der Waals surface area contributed by atoms with Crippen molar-refractivity contribution in [2.24, 2.45) is 0 Å². The number of para-hydroxylation sites is 4. The molecule has 0 amide bonds. The van der Waals surface area contributed by atoms with Crippen LogP contribution < -0.4 is 0 Å². The maximum absolute atomic E-state index is 5.21. The van der Waals surface area contributed by atoms with Gasteiger partial charge in [-0.25, -0.2) is 15.0 Å². The average molecular weight is 868 g/mol. The van der Waals surface area contributed by atoms with Crippen molar-refractivity contribution in [3.63, 3.8) is 0 Å². The first kappa shape index (κ1) is 39.2. The van der Waals surface area contributed by atoms with E-state index >= 15 is 0 Å². The van der Waals surface area contributed by atoms with Gasteiger partial charge in [0.2, 0.25) is 0 Å². The van der Waals surface area contributed by atoms with Crippen molar-refractivity contribution in [3.05, 3.63) is 249 Å². The molecule has 0 saturated carbocycles. The van der Waals surface area contributed by atoms with Crippen molar-refractivity contribution in [3.8, 4) is 78.9 Å². The summed E-state index contributed by atoms with van der Waals surface area (Å²) in [4.78, 5) is 15.5. The van der Waals surface area contributed by atoms with Crippen LogP contribution in [0.3, 0.4) is 0 Å². The molecule has 13 aromatic rings. The van der Waals surface area contributed by atoms with Gasteiger partial charge in [0.1, 0.15) is 0 Å². The van der Waals surface area contributed by atoms with Crippen LogP contribution in [-0.4, -0.2) is 24.1 Å². The van der Waals surface area contributed by atoms with Crippen molar-refractivity contribution in [2.45, 2.75) is 0 Å². The molecule has 0 spiro atoms. The van der Waals surface area contributed by atoms with E-state index in [1.165, 1.54) is 43.7 Å². The summed E-state index contributed by atoms with van der Waals surface area (Å²) in [5.74, 6) is 1.85. The lowest BCUT2D eigenvalue weighted by Gasteiger charge is -2.16. The van der Waals surface area contributed by atoms with E-state index in [2.05, 4.69) is 240 Å². The summed E-state index contributed by atoms with van der Waals surface area (Å²) in [6.45, 7) is 0. The summed E-state index contributed by atoms with van der Waals surface area (Å²) in [6.07, 6.45) is 0. The minimum atomic E-state index is 0.614. The predicted molar refractivity (Wildman–Crippen MR) is 281 cm³/mol. The highest BCUT2D eigenvalue weighted by Crippen LogP contribution is 2.40. The first-order valence-electron chi connectivity index (χ1n) is 23.0. The van der Waals surface area contributed by atoms with E-state index in [0.717, 1.165) is 61.4 Å². The van der Waals surface area contributed by atoms with Gasteiger partial charge in [0.05, 0.1) is 27.8 Å². The van der Waals surface area contributed by atoms with Gasteiger partial charge in [0.25, 0.3) is 0 Å². The number of hydrogen-bond donors (Lipinski definition) is 0. The van der Waals surface area contributed by atoms with Gasteiger partial charge in [-0.05, 0) is 82.4 Å². The highest BCUT2D eigenvalue weighted by molar-refractivity contribution is 6.10. The molecule has 0 fully saturated rings. The fourth-order valence-electron chi connectivity index (χ4n) is 9.97. The van der Waals surface area contributed by atoms with Gasteiger partial charge < -0.3 is 9.13 Å². The minimum Gasteiger partial charge on any atom is -0.309 e. The van der Waals surface area contributed by atoms with Gasteiger partial charge in [-0.3, -0.25) is 0 Å². The third kappa shape index (κ3) is 6.76. The molecule has 5 heteroatoms. The minimum absolute atomic E-state index is 0.614. The molecule has 0 aliphatic carbocycles. The van der Waals surface area contributed by atoms with Crippen molar-refractivity contribution in [1.29, 1.82) is 0 Å². The van der Waals surface area contributed by atoms with Crippen LogP contribution in [-0.2, 0) is 0 Å². The number of nitrogens with zero attached hydrogens (tertiary/aromatic N) is 5. The molecular weight excluding hydrogens is 827 g/mol. The molecule has 13 rings (SSSR count). The quantitative estimate of drug-likeness (QED) is 0.153. The van der Waals surface area contributed by atoms with Crippen molar-refractivity contribution >= 4 is 43.6 Å². The molecule has 0 saturated heterocycles. The Morgan fingerprint density at radius 1 is 0.235 bits per heavy atom. The highest BCUT2D eigenvalue weighted by atomic mass is 15.0. The molecule has 5 nitrogen and oxygen atoms in total. The Morgan fingerprint density at radius 2 is 0.618 bits per heavy atom. The molecule has 3 aromatic heterocycles. The van der Waals surface area contributed by atoms with Crippen molar-refractivity contribution < 1.29 is 0 Å². The molecule has 3 heterocycles. The first-order chi connectivity index (χ1) is 33.7. The Hall–Kier alpha value is -9.19. The van der Waals surface area contributed by atoms with Gasteiger partial charge in [-0.1, -0.05) is 194 Å². The predicted octanol–water partition coefficient (Wildman–Crippen LogP) is 16.1. The molecule has 0 aliphatic rings. The number of fused-ring (bicyclic) bond motifs is 6. The van der Waals surface area contributed by atoms with E-state index in [1.807, 2.05) is 18.2 Å². The van der Waals surface area contributed by atoms with Gasteiger partial charge >= 0.3 is 0 Å². The van der Waals surface area contributed by atoms with Crippen LogP contribution in [0, 0.1) is 0 Å². The standard InChI is InChI=1S/C63H41N5/c1-3-17-42(18-4-1)47-37-38-60(68-58-31-13-9-27-53(58)54-28-10-14-32-59(54)68)55(41-47)44-35-33-43(34-36-44)46-21-15-22-48(39-46)62-64-61(45-19-5-2-6-20-45)65-63(66-62)49-23-16-24-50(40-49)67-56-29-11-7-25-51(56)52-26-8-12-30-57(52)67/h1-41H. The second-order valence-corrected chi connectivity index (χ2v) is 17.2. The number of aromatic nitrogens is 5. The largest absolute Gasteiger partial charge is 0.309 e. The summed E-state index contributed by atoms with van der Waals surface area (Å²) in [7, 11) is 0. The van der Waals surface area contributed by atoms with Gasteiger partial charge in [-0.2, -0.15) is 0 Å². The first-order valence-corrected chi connectivity index (χ1v) is 23.0. The fraction of sp³-hybridized carbons (Fsp3) is 0. The molecule has 10 aromatic carbocycles. The van der Waals surface area contributed by atoms with Crippen molar-refractivity contribution in [2.75, 3.05) is 0 Å². The Balaban J connectivity index is 0.903. The van der Waals surface area contributed by atoms with Gasteiger partial charge in [0.15, 0.2) is 17.5 Å². The number of benzene rings is 10. The average Bonchev–Trinajstić information content (AvgIpc) is 3.94. The zero-order valence-electron chi connectivity index (χ0n) is 36.9. The third-order valence-corrected chi connectivity index (χ3v) is 13.2. The second-order valence-electron chi connectivity index (χ2n) is 17.2. The number of rotatable bonds is 8. The van der Waals surface area contributed by atoms with Crippen molar-refractivity contribution in [1.82, 2.24) is 24.1 Å². The Kier molecular flexibility index (Phi) is 9.43. The molecule has 68 heavy (non-hydrogen) atoms. The van der Waals surface area contributed by atoms with Crippen LogP contribution in [0.25, 0.3) is 123 Å². The summed E-state index contributed by atoms with van der Waals surface area (Å²) in [5, 5.41) is 4.92. The lowest BCUT2D eigenvalue weighted by Crippen LogP contribution is -2.01. The summed E-state index contributed by atoms with van der Waals surface area (Å²) in [5.41, 5.74) is 16.4.